The molecule has 4 nitrogen and oxygen atoms in total. The van der Waals surface area contributed by atoms with Crippen molar-refractivity contribution in [3.63, 3.8) is 0 Å². The third kappa shape index (κ3) is 2.67. The van der Waals surface area contributed by atoms with Crippen LogP contribution in [-0.4, -0.2) is 24.6 Å². The third-order valence-electron chi connectivity index (χ3n) is 1.63. The highest BCUT2D eigenvalue weighted by molar-refractivity contribution is 5.88. The number of rotatable bonds is 3. The highest BCUT2D eigenvalue weighted by Gasteiger charge is 2.03. The van der Waals surface area contributed by atoms with E-state index < -0.39 is 0 Å². The van der Waals surface area contributed by atoms with E-state index in [1.165, 1.54) is 13.3 Å². The number of hydrogen-bond acceptors (Lipinski definition) is 4. The molecule has 0 unspecified atom stereocenters. The normalized spacial score (nSPS) is 10.4. The Morgan fingerprint density at radius 1 is 1.64 bits per heavy atom. The van der Waals surface area contributed by atoms with Gasteiger partial charge in [-0.1, -0.05) is 6.08 Å². The van der Waals surface area contributed by atoms with Gasteiger partial charge in [0.1, 0.15) is 0 Å². The summed E-state index contributed by atoms with van der Waals surface area (Å²) in [5.41, 5.74) is 6.50. The van der Waals surface area contributed by atoms with Crippen LogP contribution in [0, 0.1) is 0 Å². The van der Waals surface area contributed by atoms with Crippen LogP contribution in [-0.2, 0) is 4.74 Å². The molecular formula is C10H12N2O2. The molecule has 0 spiro atoms. The average molecular weight is 192 g/mol. The Morgan fingerprint density at radius 3 is 2.93 bits per heavy atom. The quantitative estimate of drug-likeness (QED) is 0.721. The molecule has 2 N–H and O–H groups in total. The van der Waals surface area contributed by atoms with Gasteiger partial charge in [0, 0.05) is 12.7 Å². The molecule has 0 aromatic carbocycles. The molecule has 1 aromatic rings. The van der Waals surface area contributed by atoms with Crippen LogP contribution < -0.4 is 5.73 Å². The van der Waals surface area contributed by atoms with Crippen LogP contribution in [0.15, 0.2) is 24.4 Å². The SMILES string of the molecule is COC(=O)c1ccc(C=CCN)nc1. The summed E-state index contributed by atoms with van der Waals surface area (Å²) >= 11 is 0. The molecule has 14 heavy (non-hydrogen) atoms. The first-order chi connectivity index (χ1) is 6.77. The summed E-state index contributed by atoms with van der Waals surface area (Å²) < 4.78 is 4.54. The smallest absolute Gasteiger partial charge is 0.339 e. The van der Waals surface area contributed by atoms with E-state index in [0.717, 1.165) is 5.69 Å². The highest BCUT2D eigenvalue weighted by Crippen LogP contribution is 2.03. The standard InChI is InChI=1S/C10H12N2O2/c1-14-10(13)8-4-5-9(12-7-8)3-2-6-11/h2-5,7H,6,11H2,1H3. The third-order valence-corrected chi connectivity index (χ3v) is 1.63. The van der Waals surface area contributed by atoms with Crippen molar-refractivity contribution in [1.29, 1.82) is 0 Å². The van der Waals surface area contributed by atoms with Crippen molar-refractivity contribution in [2.24, 2.45) is 5.73 Å². The molecule has 0 fully saturated rings. The van der Waals surface area contributed by atoms with Crippen LogP contribution in [0.25, 0.3) is 6.08 Å². The van der Waals surface area contributed by atoms with Crippen molar-refractivity contribution in [3.05, 3.63) is 35.7 Å². The minimum atomic E-state index is -0.383. The predicted molar refractivity (Wildman–Crippen MR) is 53.7 cm³/mol. The summed E-state index contributed by atoms with van der Waals surface area (Å²) in [5.74, 6) is -0.383. The average Bonchev–Trinajstić information content (AvgIpc) is 2.26. The number of ether oxygens (including phenoxy) is 1. The van der Waals surface area contributed by atoms with Crippen molar-refractivity contribution < 1.29 is 9.53 Å². The maximum absolute atomic E-state index is 11.0. The summed E-state index contributed by atoms with van der Waals surface area (Å²) in [6.45, 7) is 0.473. The van der Waals surface area contributed by atoms with Gasteiger partial charge in [-0.25, -0.2) is 4.79 Å². The van der Waals surface area contributed by atoms with E-state index in [9.17, 15) is 4.79 Å². The molecule has 0 aliphatic heterocycles. The molecule has 0 atom stereocenters. The minimum absolute atomic E-state index is 0.383. The first-order valence-corrected chi connectivity index (χ1v) is 4.19. The molecule has 74 valence electrons. The highest BCUT2D eigenvalue weighted by atomic mass is 16.5. The summed E-state index contributed by atoms with van der Waals surface area (Å²) in [5, 5.41) is 0. The van der Waals surface area contributed by atoms with E-state index in [-0.39, 0.29) is 5.97 Å². The topological polar surface area (TPSA) is 65.2 Å². The van der Waals surface area contributed by atoms with Gasteiger partial charge in [-0.3, -0.25) is 4.98 Å². The Hall–Kier alpha value is -1.68. The van der Waals surface area contributed by atoms with Crippen LogP contribution in [0.3, 0.4) is 0 Å². The Balaban J connectivity index is 2.78. The molecule has 0 bridgehead atoms. The van der Waals surface area contributed by atoms with E-state index in [1.54, 1.807) is 24.3 Å². The number of methoxy groups -OCH3 is 1. The second kappa shape index (κ2) is 5.14. The molecule has 0 saturated heterocycles. The molecule has 1 heterocycles. The predicted octanol–water partition coefficient (Wildman–Crippen LogP) is 0.840. The zero-order chi connectivity index (χ0) is 10.4. The second-order valence-electron chi connectivity index (χ2n) is 2.60. The Bertz CT molecular complexity index is 330. The van der Waals surface area contributed by atoms with Gasteiger partial charge in [-0.05, 0) is 18.2 Å². The Morgan fingerprint density at radius 2 is 2.43 bits per heavy atom. The van der Waals surface area contributed by atoms with Crippen molar-refractivity contribution >= 4 is 12.0 Å². The second-order valence-corrected chi connectivity index (χ2v) is 2.60. The molecule has 1 aromatic heterocycles. The van der Waals surface area contributed by atoms with Gasteiger partial charge in [-0.15, -0.1) is 0 Å². The van der Waals surface area contributed by atoms with Gasteiger partial charge in [-0.2, -0.15) is 0 Å². The molecular weight excluding hydrogens is 180 g/mol. The number of aromatic nitrogens is 1. The van der Waals surface area contributed by atoms with Crippen molar-refractivity contribution in [3.8, 4) is 0 Å². The van der Waals surface area contributed by atoms with Crippen molar-refractivity contribution in [2.75, 3.05) is 13.7 Å². The largest absolute Gasteiger partial charge is 0.465 e. The van der Waals surface area contributed by atoms with Gasteiger partial charge < -0.3 is 10.5 Å². The molecule has 0 aliphatic carbocycles. The molecule has 0 aliphatic rings. The van der Waals surface area contributed by atoms with E-state index >= 15 is 0 Å². The first kappa shape index (κ1) is 10.4. The summed E-state index contributed by atoms with van der Waals surface area (Å²) in [4.78, 5) is 15.1. The van der Waals surface area contributed by atoms with Crippen molar-refractivity contribution in [2.45, 2.75) is 0 Å². The number of nitrogens with two attached hydrogens (primary N) is 1. The van der Waals surface area contributed by atoms with E-state index in [2.05, 4.69) is 9.72 Å². The van der Waals surface area contributed by atoms with E-state index in [1.807, 2.05) is 0 Å². The fourth-order valence-corrected chi connectivity index (χ4v) is 0.931. The maximum Gasteiger partial charge on any atom is 0.339 e. The fraction of sp³-hybridized carbons (Fsp3) is 0.200. The maximum atomic E-state index is 11.0. The molecule has 0 radical (unpaired) electrons. The number of nitrogens with zero attached hydrogens (tertiary/aromatic N) is 1. The van der Waals surface area contributed by atoms with Gasteiger partial charge in [0.2, 0.25) is 0 Å². The lowest BCUT2D eigenvalue weighted by Gasteiger charge is -1.98. The van der Waals surface area contributed by atoms with Crippen LogP contribution in [0.1, 0.15) is 16.1 Å². The van der Waals surface area contributed by atoms with Gasteiger partial charge in [0.15, 0.2) is 0 Å². The Kier molecular flexibility index (Phi) is 3.82. The summed E-state index contributed by atoms with van der Waals surface area (Å²) in [6, 6.07) is 3.40. The lowest BCUT2D eigenvalue weighted by molar-refractivity contribution is 0.0600. The number of carbonyl (C=O) groups is 1. The van der Waals surface area contributed by atoms with E-state index in [0.29, 0.717) is 12.1 Å². The molecule has 1 rings (SSSR count). The van der Waals surface area contributed by atoms with Crippen LogP contribution >= 0.6 is 0 Å². The fourth-order valence-electron chi connectivity index (χ4n) is 0.931. The van der Waals surface area contributed by atoms with Crippen LogP contribution in [0.4, 0.5) is 0 Å². The Labute approximate surface area is 82.4 Å². The summed E-state index contributed by atoms with van der Waals surface area (Å²) in [6.07, 6.45) is 5.06. The van der Waals surface area contributed by atoms with Crippen molar-refractivity contribution in [1.82, 2.24) is 4.98 Å². The lowest BCUT2D eigenvalue weighted by Crippen LogP contribution is -2.01. The first-order valence-electron chi connectivity index (χ1n) is 4.19. The van der Waals surface area contributed by atoms with Gasteiger partial charge >= 0.3 is 5.97 Å². The zero-order valence-electron chi connectivity index (χ0n) is 7.93. The number of esters is 1. The zero-order valence-corrected chi connectivity index (χ0v) is 7.93. The lowest BCUT2D eigenvalue weighted by atomic mass is 10.2. The van der Waals surface area contributed by atoms with Gasteiger partial charge in [0.25, 0.3) is 0 Å². The molecule has 0 amide bonds. The number of hydrogen-bond donors (Lipinski definition) is 1. The van der Waals surface area contributed by atoms with E-state index in [4.69, 9.17) is 5.73 Å². The van der Waals surface area contributed by atoms with Crippen LogP contribution in [0.5, 0.6) is 0 Å². The number of carbonyl (C=O) groups excluding carboxylic acids is 1. The summed E-state index contributed by atoms with van der Waals surface area (Å²) in [7, 11) is 1.34. The minimum Gasteiger partial charge on any atom is -0.465 e. The number of pyridine rings is 1. The van der Waals surface area contributed by atoms with Crippen LogP contribution in [0.2, 0.25) is 0 Å². The molecule has 0 saturated carbocycles. The molecule has 4 heteroatoms. The monoisotopic (exact) mass is 192 g/mol. The van der Waals surface area contributed by atoms with Gasteiger partial charge in [0.05, 0.1) is 18.4 Å².